The third-order valence-electron chi connectivity index (χ3n) is 4.79. The summed E-state index contributed by atoms with van der Waals surface area (Å²) in [7, 11) is 0. The summed E-state index contributed by atoms with van der Waals surface area (Å²) in [6.45, 7) is 6.16. The van der Waals surface area contributed by atoms with E-state index in [-0.39, 0.29) is 5.75 Å². The fraction of sp³-hybridized carbons (Fsp3) is 0.125. The van der Waals surface area contributed by atoms with Gasteiger partial charge in [0.25, 0.3) is 0 Å². The van der Waals surface area contributed by atoms with E-state index in [2.05, 4.69) is 26.0 Å². The lowest BCUT2D eigenvalue weighted by molar-refractivity contribution is 0.479. The Balaban J connectivity index is 1.95. The molecule has 4 aromatic rings. The Morgan fingerprint density at radius 3 is 1.59 bits per heavy atom. The number of rotatable bonds is 3. The Labute approximate surface area is 159 Å². The Hall–Kier alpha value is -3.33. The van der Waals surface area contributed by atoms with Crippen LogP contribution in [0, 0.1) is 20.8 Å². The predicted molar refractivity (Wildman–Crippen MR) is 110 cm³/mol. The van der Waals surface area contributed by atoms with E-state index in [1.165, 1.54) is 16.7 Å². The predicted octanol–water partition coefficient (Wildman–Crippen LogP) is 5.84. The minimum Gasteiger partial charge on any atom is -0.504 e. The van der Waals surface area contributed by atoms with Gasteiger partial charge in [-0.25, -0.2) is 4.68 Å². The molecule has 0 amide bonds. The smallest absolute Gasteiger partial charge is 0.170 e. The SMILES string of the molecule is Cc1ccc(-c2nn(-c3ccc(C)cc3)c(-c3ccc(C)cc3)c2O)cc1. The van der Waals surface area contributed by atoms with E-state index in [9.17, 15) is 5.11 Å². The van der Waals surface area contributed by atoms with Gasteiger partial charge in [-0.1, -0.05) is 77.4 Å². The van der Waals surface area contributed by atoms with Crippen LogP contribution in [0.4, 0.5) is 0 Å². The third kappa shape index (κ3) is 3.24. The van der Waals surface area contributed by atoms with Crippen LogP contribution in [-0.4, -0.2) is 14.9 Å². The van der Waals surface area contributed by atoms with Crippen LogP contribution in [0.1, 0.15) is 16.7 Å². The maximum absolute atomic E-state index is 11.1. The van der Waals surface area contributed by atoms with Gasteiger partial charge < -0.3 is 5.11 Å². The van der Waals surface area contributed by atoms with E-state index in [1.807, 2.05) is 72.3 Å². The fourth-order valence-corrected chi connectivity index (χ4v) is 3.16. The molecule has 0 unspecified atom stereocenters. The summed E-state index contributed by atoms with van der Waals surface area (Å²) in [4.78, 5) is 0. The van der Waals surface area contributed by atoms with Gasteiger partial charge >= 0.3 is 0 Å². The van der Waals surface area contributed by atoms with Gasteiger partial charge in [-0.05, 0) is 32.9 Å². The summed E-state index contributed by atoms with van der Waals surface area (Å²) < 4.78 is 1.83. The Morgan fingerprint density at radius 1 is 0.630 bits per heavy atom. The van der Waals surface area contributed by atoms with Crippen LogP contribution in [0.3, 0.4) is 0 Å². The molecule has 1 aromatic heterocycles. The first-order valence-electron chi connectivity index (χ1n) is 9.06. The highest BCUT2D eigenvalue weighted by atomic mass is 16.3. The molecule has 0 aliphatic rings. The van der Waals surface area contributed by atoms with E-state index >= 15 is 0 Å². The molecular formula is C24H22N2O. The monoisotopic (exact) mass is 354 g/mol. The maximum Gasteiger partial charge on any atom is 0.170 e. The molecule has 1 N–H and O–H groups in total. The first-order valence-corrected chi connectivity index (χ1v) is 9.06. The molecule has 0 aliphatic heterocycles. The van der Waals surface area contributed by atoms with E-state index < -0.39 is 0 Å². The van der Waals surface area contributed by atoms with Gasteiger partial charge in [0.15, 0.2) is 5.75 Å². The molecule has 0 saturated heterocycles. The van der Waals surface area contributed by atoms with Crippen molar-refractivity contribution in [1.29, 1.82) is 0 Å². The van der Waals surface area contributed by atoms with Crippen LogP contribution < -0.4 is 0 Å². The molecule has 134 valence electrons. The number of hydrogen-bond acceptors (Lipinski definition) is 2. The molecule has 3 aromatic carbocycles. The van der Waals surface area contributed by atoms with Gasteiger partial charge in [0, 0.05) is 11.1 Å². The summed E-state index contributed by atoms with van der Waals surface area (Å²) in [5.41, 5.74) is 7.59. The van der Waals surface area contributed by atoms with Crippen LogP contribution in [0.25, 0.3) is 28.2 Å². The van der Waals surface area contributed by atoms with Crippen LogP contribution in [0.5, 0.6) is 5.75 Å². The van der Waals surface area contributed by atoms with Crippen molar-refractivity contribution in [1.82, 2.24) is 9.78 Å². The van der Waals surface area contributed by atoms with E-state index in [0.29, 0.717) is 11.4 Å². The third-order valence-corrected chi connectivity index (χ3v) is 4.79. The Morgan fingerprint density at radius 2 is 1.07 bits per heavy atom. The van der Waals surface area contributed by atoms with E-state index in [0.717, 1.165) is 16.8 Å². The number of hydrogen-bond donors (Lipinski definition) is 1. The molecule has 27 heavy (non-hydrogen) atoms. The molecule has 0 bridgehead atoms. The van der Waals surface area contributed by atoms with Gasteiger partial charge in [0.2, 0.25) is 0 Å². The highest BCUT2D eigenvalue weighted by molar-refractivity contribution is 5.79. The van der Waals surface area contributed by atoms with E-state index in [4.69, 9.17) is 5.10 Å². The van der Waals surface area contributed by atoms with Gasteiger partial charge in [-0.15, -0.1) is 0 Å². The molecule has 0 saturated carbocycles. The average Bonchev–Trinajstić information content (AvgIpc) is 3.01. The second-order valence-electron chi connectivity index (χ2n) is 7.03. The van der Waals surface area contributed by atoms with Gasteiger partial charge in [-0.3, -0.25) is 0 Å². The number of aromatic hydroxyl groups is 1. The van der Waals surface area contributed by atoms with Crippen molar-refractivity contribution >= 4 is 0 Å². The Kier molecular flexibility index (Phi) is 4.28. The molecule has 0 atom stereocenters. The lowest BCUT2D eigenvalue weighted by atomic mass is 10.1. The normalized spacial score (nSPS) is 10.9. The second kappa shape index (κ2) is 6.76. The molecule has 4 rings (SSSR count). The zero-order chi connectivity index (χ0) is 19.0. The zero-order valence-corrected chi connectivity index (χ0v) is 15.8. The highest BCUT2D eigenvalue weighted by Crippen LogP contribution is 2.39. The fourth-order valence-electron chi connectivity index (χ4n) is 3.16. The summed E-state index contributed by atoms with van der Waals surface area (Å²) in [5, 5.41) is 15.9. The molecule has 0 aliphatic carbocycles. The largest absolute Gasteiger partial charge is 0.504 e. The first kappa shape index (κ1) is 17.1. The maximum atomic E-state index is 11.1. The first-order chi connectivity index (χ1) is 13.0. The lowest BCUT2D eigenvalue weighted by Crippen LogP contribution is -1.99. The number of nitrogens with zero attached hydrogens (tertiary/aromatic N) is 2. The molecule has 0 radical (unpaired) electrons. The molecule has 0 spiro atoms. The van der Waals surface area contributed by atoms with Crippen molar-refractivity contribution in [2.45, 2.75) is 20.8 Å². The molecular weight excluding hydrogens is 332 g/mol. The standard InChI is InChI=1S/C24H22N2O/c1-16-4-10-19(11-5-16)22-24(27)23(20-12-6-17(2)7-13-20)26(25-22)21-14-8-18(3)9-15-21/h4-15,27H,1-3H3. The van der Waals surface area contributed by atoms with Gasteiger partial charge in [0.1, 0.15) is 11.4 Å². The summed E-state index contributed by atoms with van der Waals surface area (Å²) >= 11 is 0. The van der Waals surface area contributed by atoms with Gasteiger partial charge in [0.05, 0.1) is 5.69 Å². The number of benzene rings is 3. The summed E-state index contributed by atoms with van der Waals surface area (Å²) in [6.07, 6.45) is 0. The van der Waals surface area contributed by atoms with Crippen molar-refractivity contribution in [3.05, 3.63) is 89.5 Å². The number of aromatic nitrogens is 2. The topological polar surface area (TPSA) is 38.0 Å². The lowest BCUT2D eigenvalue weighted by Gasteiger charge is -2.08. The summed E-state index contributed by atoms with van der Waals surface area (Å²) in [5.74, 6) is 0.197. The molecule has 3 nitrogen and oxygen atoms in total. The molecule has 3 heteroatoms. The summed E-state index contributed by atoms with van der Waals surface area (Å²) in [6, 6.07) is 24.4. The van der Waals surface area contributed by atoms with Crippen molar-refractivity contribution in [2.24, 2.45) is 0 Å². The van der Waals surface area contributed by atoms with Gasteiger partial charge in [-0.2, -0.15) is 5.10 Å². The van der Waals surface area contributed by atoms with Crippen LogP contribution >= 0.6 is 0 Å². The minimum absolute atomic E-state index is 0.197. The van der Waals surface area contributed by atoms with Crippen LogP contribution in [0.15, 0.2) is 72.8 Å². The van der Waals surface area contributed by atoms with E-state index in [1.54, 1.807) is 0 Å². The minimum atomic E-state index is 0.197. The Bertz CT molecular complexity index is 1070. The quantitative estimate of drug-likeness (QED) is 0.502. The average molecular weight is 354 g/mol. The van der Waals surface area contributed by atoms with Crippen LogP contribution in [-0.2, 0) is 0 Å². The van der Waals surface area contributed by atoms with Crippen molar-refractivity contribution in [3.8, 4) is 34.0 Å². The van der Waals surface area contributed by atoms with Crippen molar-refractivity contribution in [3.63, 3.8) is 0 Å². The second-order valence-corrected chi connectivity index (χ2v) is 7.03. The zero-order valence-electron chi connectivity index (χ0n) is 15.8. The molecule has 1 heterocycles. The van der Waals surface area contributed by atoms with Crippen LogP contribution in [0.2, 0.25) is 0 Å². The molecule has 0 fully saturated rings. The highest BCUT2D eigenvalue weighted by Gasteiger charge is 2.21. The van der Waals surface area contributed by atoms with Crippen molar-refractivity contribution in [2.75, 3.05) is 0 Å². The van der Waals surface area contributed by atoms with Crippen molar-refractivity contribution < 1.29 is 5.11 Å². The number of aryl methyl sites for hydroxylation is 3.